The monoisotopic (exact) mass is 258 g/mol. The lowest BCUT2D eigenvalue weighted by Gasteiger charge is -2.12. The molecule has 0 unspecified atom stereocenters. The first-order valence-corrected chi connectivity index (χ1v) is 6.51. The zero-order valence-electron chi connectivity index (χ0n) is 11.3. The Balaban J connectivity index is 1.91. The number of nitriles is 1. The molecule has 1 aliphatic rings. The van der Waals surface area contributed by atoms with Crippen LogP contribution in [0.15, 0.2) is 12.1 Å². The summed E-state index contributed by atoms with van der Waals surface area (Å²) >= 11 is 0. The number of carbonyl (C=O) groups is 1. The van der Waals surface area contributed by atoms with Crippen molar-refractivity contribution in [3.63, 3.8) is 0 Å². The van der Waals surface area contributed by atoms with E-state index >= 15 is 0 Å². The van der Waals surface area contributed by atoms with Crippen LogP contribution in [0.3, 0.4) is 0 Å². The second kappa shape index (κ2) is 5.75. The molecule has 0 atom stereocenters. The van der Waals surface area contributed by atoms with Crippen LogP contribution >= 0.6 is 0 Å². The zero-order valence-corrected chi connectivity index (χ0v) is 11.3. The number of amides is 1. The van der Waals surface area contributed by atoms with Crippen molar-refractivity contribution >= 4 is 5.91 Å². The van der Waals surface area contributed by atoms with E-state index in [2.05, 4.69) is 11.4 Å². The molecule has 1 fully saturated rings. The summed E-state index contributed by atoms with van der Waals surface area (Å²) in [5.41, 5.74) is 2.37. The minimum absolute atomic E-state index is 0.0281. The molecule has 4 heteroatoms. The van der Waals surface area contributed by atoms with E-state index in [0.717, 1.165) is 17.7 Å². The Labute approximate surface area is 113 Å². The largest absolute Gasteiger partial charge is 0.483 e. The molecule has 1 amide bonds. The Morgan fingerprint density at radius 2 is 2.05 bits per heavy atom. The van der Waals surface area contributed by atoms with E-state index in [-0.39, 0.29) is 12.5 Å². The van der Waals surface area contributed by atoms with E-state index in [0.29, 0.717) is 17.2 Å². The Morgan fingerprint density at radius 3 is 2.58 bits per heavy atom. The smallest absolute Gasteiger partial charge is 0.257 e. The van der Waals surface area contributed by atoms with Crippen molar-refractivity contribution in [2.75, 3.05) is 13.2 Å². The maximum Gasteiger partial charge on any atom is 0.257 e. The van der Waals surface area contributed by atoms with Crippen LogP contribution in [-0.2, 0) is 4.79 Å². The molecule has 1 aliphatic carbocycles. The average molecular weight is 258 g/mol. The molecule has 1 N–H and O–H groups in total. The van der Waals surface area contributed by atoms with Crippen LogP contribution < -0.4 is 10.1 Å². The number of rotatable bonds is 5. The quantitative estimate of drug-likeness (QED) is 0.879. The van der Waals surface area contributed by atoms with Crippen LogP contribution in [0.1, 0.15) is 29.5 Å². The summed E-state index contributed by atoms with van der Waals surface area (Å²) < 4.78 is 5.56. The third kappa shape index (κ3) is 3.72. The Morgan fingerprint density at radius 1 is 1.42 bits per heavy atom. The number of nitrogens with one attached hydrogen (secondary N) is 1. The molecule has 2 rings (SSSR count). The van der Waals surface area contributed by atoms with Crippen LogP contribution in [0.5, 0.6) is 5.75 Å². The Hall–Kier alpha value is -2.02. The summed E-state index contributed by atoms with van der Waals surface area (Å²) in [7, 11) is 0. The maximum absolute atomic E-state index is 11.6. The van der Waals surface area contributed by atoms with E-state index in [9.17, 15) is 4.79 Å². The molecule has 0 radical (unpaired) electrons. The second-order valence-corrected chi connectivity index (χ2v) is 5.09. The highest BCUT2D eigenvalue weighted by molar-refractivity contribution is 5.77. The van der Waals surface area contributed by atoms with Gasteiger partial charge in [0, 0.05) is 6.54 Å². The van der Waals surface area contributed by atoms with Crippen LogP contribution in [0.2, 0.25) is 0 Å². The van der Waals surface area contributed by atoms with Crippen molar-refractivity contribution < 1.29 is 9.53 Å². The first kappa shape index (κ1) is 13.4. The van der Waals surface area contributed by atoms with Crippen molar-refractivity contribution in [2.45, 2.75) is 26.7 Å². The zero-order chi connectivity index (χ0) is 13.8. The highest BCUT2D eigenvalue weighted by Gasteiger charge is 2.21. The van der Waals surface area contributed by atoms with Gasteiger partial charge in [0.15, 0.2) is 6.61 Å². The van der Waals surface area contributed by atoms with Crippen molar-refractivity contribution in [3.8, 4) is 11.8 Å². The summed E-state index contributed by atoms with van der Waals surface area (Å²) in [4.78, 5) is 11.6. The molecule has 1 aromatic rings. The molecule has 19 heavy (non-hydrogen) atoms. The molecule has 0 aromatic heterocycles. The highest BCUT2D eigenvalue weighted by atomic mass is 16.5. The van der Waals surface area contributed by atoms with Gasteiger partial charge in [-0.3, -0.25) is 4.79 Å². The molecule has 1 saturated carbocycles. The van der Waals surface area contributed by atoms with E-state index in [1.165, 1.54) is 12.8 Å². The molecule has 0 aliphatic heterocycles. The molecule has 0 bridgehead atoms. The lowest BCUT2D eigenvalue weighted by molar-refractivity contribution is -0.123. The summed E-state index contributed by atoms with van der Waals surface area (Å²) in [6.07, 6.45) is 2.43. The minimum Gasteiger partial charge on any atom is -0.483 e. The SMILES string of the molecule is Cc1cc(C#N)cc(C)c1OCC(=O)NCC1CC1. The number of carbonyl (C=O) groups excluding carboxylic acids is 1. The number of hydrogen-bond acceptors (Lipinski definition) is 3. The van der Waals surface area contributed by atoms with Crippen LogP contribution in [0.25, 0.3) is 0 Å². The minimum atomic E-state index is -0.0879. The highest BCUT2D eigenvalue weighted by Crippen LogP contribution is 2.27. The molecule has 0 spiro atoms. The van der Waals surface area contributed by atoms with Crippen LogP contribution in [0.4, 0.5) is 0 Å². The molecule has 0 heterocycles. The number of benzene rings is 1. The maximum atomic E-state index is 11.6. The van der Waals surface area contributed by atoms with Crippen molar-refractivity contribution in [1.82, 2.24) is 5.32 Å². The van der Waals surface area contributed by atoms with Gasteiger partial charge in [-0.2, -0.15) is 5.26 Å². The molecule has 1 aromatic carbocycles. The van der Waals surface area contributed by atoms with Gasteiger partial charge in [0.1, 0.15) is 5.75 Å². The molecule has 100 valence electrons. The standard InChI is InChI=1S/C15H18N2O2/c1-10-5-13(7-16)6-11(2)15(10)19-9-14(18)17-8-12-3-4-12/h5-6,12H,3-4,8-9H2,1-2H3,(H,17,18). The van der Waals surface area contributed by atoms with Crippen molar-refractivity contribution in [1.29, 1.82) is 5.26 Å². The fraction of sp³-hybridized carbons (Fsp3) is 0.467. The van der Waals surface area contributed by atoms with E-state index in [1.807, 2.05) is 13.8 Å². The van der Waals surface area contributed by atoms with Gasteiger partial charge in [0.05, 0.1) is 11.6 Å². The van der Waals surface area contributed by atoms with Gasteiger partial charge in [0.25, 0.3) is 5.91 Å². The van der Waals surface area contributed by atoms with Crippen molar-refractivity contribution in [3.05, 3.63) is 28.8 Å². The Kier molecular flexibility index (Phi) is 4.06. The Bertz CT molecular complexity index is 504. The number of ether oxygens (including phenoxy) is 1. The predicted octanol–water partition coefficient (Wildman–Crippen LogP) is 2.08. The lowest BCUT2D eigenvalue weighted by Crippen LogP contribution is -2.30. The van der Waals surface area contributed by atoms with Gasteiger partial charge in [-0.15, -0.1) is 0 Å². The molecular formula is C15H18N2O2. The van der Waals surface area contributed by atoms with E-state index < -0.39 is 0 Å². The topological polar surface area (TPSA) is 62.1 Å². The number of aryl methyl sites for hydroxylation is 2. The first-order chi connectivity index (χ1) is 9.10. The summed E-state index contributed by atoms with van der Waals surface area (Å²) in [5, 5.41) is 11.7. The predicted molar refractivity (Wildman–Crippen MR) is 71.9 cm³/mol. The first-order valence-electron chi connectivity index (χ1n) is 6.51. The number of nitrogens with zero attached hydrogens (tertiary/aromatic N) is 1. The van der Waals surface area contributed by atoms with Crippen molar-refractivity contribution in [2.24, 2.45) is 5.92 Å². The van der Waals surface area contributed by atoms with Gasteiger partial charge in [0.2, 0.25) is 0 Å². The van der Waals surface area contributed by atoms with Gasteiger partial charge >= 0.3 is 0 Å². The second-order valence-electron chi connectivity index (χ2n) is 5.09. The average Bonchev–Trinajstić information content (AvgIpc) is 3.19. The summed E-state index contributed by atoms with van der Waals surface area (Å²) in [5.74, 6) is 1.28. The van der Waals surface area contributed by atoms with Gasteiger partial charge in [-0.05, 0) is 55.9 Å². The molecule has 0 saturated heterocycles. The van der Waals surface area contributed by atoms with Gasteiger partial charge in [-0.1, -0.05) is 0 Å². The fourth-order valence-electron chi connectivity index (χ4n) is 2.01. The third-order valence-electron chi connectivity index (χ3n) is 3.22. The summed E-state index contributed by atoms with van der Waals surface area (Å²) in [6.45, 7) is 4.55. The molecular weight excluding hydrogens is 240 g/mol. The van der Waals surface area contributed by atoms with Crippen LogP contribution in [-0.4, -0.2) is 19.1 Å². The lowest BCUT2D eigenvalue weighted by atomic mass is 10.1. The molecule has 4 nitrogen and oxygen atoms in total. The third-order valence-corrected chi connectivity index (χ3v) is 3.22. The fourth-order valence-corrected chi connectivity index (χ4v) is 2.01. The van der Waals surface area contributed by atoms with Gasteiger partial charge in [-0.25, -0.2) is 0 Å². The normalized spacial score (nSPS) is 13.7. The summed E-state index contributed by atoms with van der Waals surface area (Å²) in [6, 6.07) is 5.64. The van der Waals surface area contributed by atoms with E-state index in [1.54, 1.807) is 12.1 Å². The van der Waals surface area contributed by atoms with Gasteiger partial charge < -0.3 is 10.1 Å². The van der Waals surface area contributed by atoms with E-state index in [4.69, 9.17) is 10.00 Å². The van der Waals surface area contributed by atoms with Crippen LogP contribution in [0, 0.1) is 31.1 Å². The number of hydrogen-bond donors (Lipinski definition) is 1.